The largest absolute Gasteiger partial charge is 0.497 e. The summed E-state index contributed by atoms with van der Waals surface area (Å²) in [7, 11) is 1.61. The number of furan rings is 1. The number of carbonyl (C=O) groups excluding carboxylic acids is 2. The Morgan fingerprint density at radius 2 is 2.00 bits per heavy atom. The molecule has 0 saturated heterocycles. The van der Waals surface area contributed by atoms with E-state index in [1.54, 1.807) is 38.5 Å². The van der Waals surface area contributed by atoms with E-state index in [1.807, 2.05) is 24.3 Å². The first-order chi connectivity index (χ1) is 12.1. The van der Waals surface area contributed by atoms with Gasteiger partial charge in [-0.25, -0.2) is 0 Å². The van der Waals surface area contributed by atoms with Gasteiger partial charge in [0.1, 0.15) is 17.4 Å². The van der Waals surface area contributed by atoms with E-state index in [0.717, 1.165) is 16.9 Å². The van der Waals surface area contributed by atoms with Crippen molar-refractivity contribution in [3.05, 3.63) is 60.1 Å². The van der Waals surface area contributed by atoms with Gasteiger partial charge in [-0.1, -0.05) is 12.1 Å². The lowest BCUT2D eigenvalue weighted by molar-refractivity contribution is -0.151. The fourth-order valence-electron chi connectivity index (χ4n) is 3.16. The smallest absolute Gasteiger partial charge is 0.317 e. The van der Waals surface area contributed by atoms with Crippen molar-refractivity contribution < 1.29 is 23.5 Å². The molecule has 25 heavy (non-hydrogen) atoms. The second-order valence-corrected chi connectivity index (χ2v) is 5.86. The molecule has 1 aliphatic rings. The van der Waals surface area contributed by atoms with Gasteiger partial charge in [-0.3, -0.25) is 9.59 Å². The van der Waals surface area contributed by atoms with E-state index in [0.29, 0.717) is 12.2 Å². The third-order valence-electron chi connectivity index (χ3n) is 4.38. The van der Waals surface area contributed by atoms with Crippen LogP contribution in [0, 0.1) is 5.92 Å². The molecule has 0 N–H and O–H groups in total. The van der Waals surface area contributed by atoms with Crippen LogP contribution >= 0.6 is 0 Å². The third kappa shape index (κ3) is 3.50. The molecule has 1 heterocycles. The van der Waals surface area contributed by atoms with Crippen molar-refractivity contribution in [3.8, 4) is 5.75 Å². The lowest BCUT2D eigenvalue weighted by atomic mass is 9.76. The van der Waals surface area contributed by atoms with E-state index in [4.69, 9.17) is 13.9 Å². The van der Waals surface area contributed by atoms with Gasteiger partial charge in [0.2, 0.25) is 0 Å². The van der Waals surface area contributed by atoms with Crippen molar-refractivity contribution in [2.75, 3.05) is 13.7 Å². The van der Waals surface area contributed by atoms with E-state index < -0.39 is 11.9 Å². The first-order valence-corrected chi connectivity index (χ1v) is 8.23. The number of ketones is 1. The highest BCUT2D eigenvalue weighted by molar-refractivity contribution is 6.10. The molecule has 3 rings (SSSR count). The summed E-state index contributed by atoms with van der Waals surface area (Å²) in [6.45, 7) is 1.97. The summed E-state index contributed by atoms with van der Waals surface area (Å²) in [5.41, 5.74) is 1.79. The zero-order chi connectivity index (χ0) is 17.8. The molecule has 130 valence electrons. The fraction of sp³-hybridized carbons (Fsp3) is 0.300. The van der Waals surface area contributed by atoms with E-state index in [-0.39, 0.29) is 18.3 Å². The minimum absolute atomic E-state index is 0.239. The summed E-state index contributed by atoms with van der Waals surface area (Å²) in [6.07, 6.45) is 3.62. The molecule has 0 radical (unpaired) electrons. The molecule has 1 aliphatic carbocycles. The van der Waals surface area contributed by atoms with Gasteiger partial charge in [-0.05, 0) is 54.8 Å². The molecular weight excluding hydrogens is 320 g/mol. The Bertz CT molecular complexity index is 771. The van der Waals surface area contributed by atoms with Crippen molar-refractivity contribution >= 4 is 17.3 Å². The molecule has 0 unspecified atom stereocenters. The molecule has 5 nitrogen and oxygen atoms in total. The lowest BCUT2D eigenvalue weighted by Crippen LogP contribution is -2.33. The Morgan fingerprint density at radius 3 is 2.60 bits per heavy atom. The fourth-order valence-corrected chi connectivity index (χ4v) is 3.16. The normalized spacial score (nSPS) is 20.1. The summed E-state index contributed by atoms with van der Waals surface area (Å²) in [4.78, 5) is 25.0. The summed E-state index contributed by atoms with van der Waals surface area (Å²) in [6, 6.07) is 11.1. The highest BCUT2D eigenvalue weighted by Gasteiger charge is 2.41. The number of carbonyl (C=O) groups is 2. The van der Waals surface area contributed by atoms with Crippen LogP contribution in [0.2, 0.25) is 0 Å². The van der Waals surface area contributed by atoms with Gasteiger partial charge in [0.15, 0.2) is 5.78 Å². The zero-order valence-electron chi connectivity index (χ0n) is 14.2. The molecule has 0 spiro atoms. The number of esters is 1. The number of hydrogen-bond donors (Lipinski definition) is 0. The monoisotopic (exact) mass is 340 g/mol. The molecule has 1 aromatic heterocycles. The van der Waals surface area contributed by atoms with Crippen molar-refractivity contribution in [2.24, 2.45) is 5.92 Å². The highest BCUT2D eigenvalue weighted by Crippen LogP contribution is 2.40. The van der Waals surface area contributed by atoms with Crippen LogP contribution in [0.5, 0.6) is 5.75 Å². The zero-order valence-corrected chi connectivity index (χ0v) is 14.2. The molecular formula is C20H20O5. The number of benzene rings is 1. The minimum Gasteiger partial charge on any atom is -0.497 e. The van der Waals surface area contributed by atoms with Gasteiger partial charge >= 0.3 is 5.97 Å². The van der Waals surface area contributed by atoms with E-state index in [9.17, 15) is 9.59 Å². The summed E-state index contributed by atoms with van der Waals surface area (Å²) in [5.74, 6) is -0.628. The van der Waals surface area contributed by atoms with Crippen LogP contribution < -0.4 is 4.74 Å². The summed E-state index contributed by atoms with van der Waals surface area (Å²) >= 11 is 0. The van der Waals surface area contributed by atoms with E-state index in [2.05, 4.69) is 0 Å². The lowest BCUT2D eigenvalue weighted by Gasteiger charge is -2.27. The Morgan fingerprint density at radius 1 is 1.24 bits per heavy atom. The molecule has 1 aromatic carbocycles. The molecule has 2 aromatic rings. The Hall–Kier alpha value is -2.82. The van der Waals surface area contributed by atoms with Crippen molar-refractivity contribution in [2.45, 2.75) is 19.3 Å². The van der Waals surface area contributed by atoms with Crippen molar-refractivity contribution in [3.63, 3.8) is 0 Å². The second-order valence-electron chi connectivity index (χ2n) is 5.86. The second kappa shape index (κ2) is 7.38. The first kappa shape index (κ1) is 17.0. The maximum atomic E-state index is 12.7. The molecule has 0 bridgehead atoms. The molecule has 5 heteroatoms. The van der Waals surface area contributed by atoms with Gasteiger partial charge in [0.25, 0.3) is 0 Å². The quantitative estimate of drug-likeness (QED) is 0.614. The Kier molecular flexibility index (Phi) is 5.03. The van der Waals surface area contributed by atoms with Gasteiger partial charge in [0, 0.05) is 5.92 Å². The maximum Gasteiger partial charge on any atom is 0.317 e. The Balaban J connectivity index is 1.96. The molecule has 0 fully saturated rings. The molecule has 0 amide bonds. The summed E-state index contributed by atoms with van der Waals surface area (Å²) < 4.78 is 15.8. The topological polar surface area (TPSA) is 65.7 Å². The van der Waals surface area contributed by atoms with E-state index >= 15 is 0 Å². The molecule has 0 aliphatic heterocycles. The van der Waals surface area contributed by atoms with Gasteiger partial charge in [-0.2, -0.15) is 0 Å². The molecule has 2 atom stereocenters. The van der Waals surface area contributed by atoms with E-state index in [1.165, 1.54) is 0 Å². The van der Waals surface area contributed by atoms with Crippen LogP contribution in [0.4, 0.5) is 0 Å². The third-order valence-corrected chi connectivity index (χ3v) is 4.38. The van der Waals surface area contributed by atoms with Crippen LogP contribution in [-0.2, 0) is 14.3 Å². The maximum absolute atomic E-state index is 12.7. The summed E-state index contributed by atoms with van der Waals surface area (Å²) in [5, 5.41) is 0. The molecule has 0 saturated carbocycles. The number of methoxy groups -OCH3 is 1. The van der Waals surface area contributed by atoms with Crippen LogP contribution in [-0.4, -0.2) is 25.5 Å². The van der Waals surface area contributed by atoms with Gasteiger partial charge in [0.05, 0.1) is 20.0 Å². The average Bonchev–Trinajstić information content (AvgIpc) is 3.16. The minimum atomic E-state index is -0.868. The first-order valence-electron chi connectivity index (χ1n) is 8.23. The van der Waals surface area contributed by atoms with Crippen molar-refractivity contribution in [1.29, 1.82) is 0 Å². The predicted molar refractivity (Wildman–Crippen MR) is 92.2 cm³/mol. The number of allylic oxidation sites excluding steroid dienone is 2. The van der Waals surface area contributed by atoms with Crippen LogP contribution in [0.1, 0.15) is 30.6 Å². The highest BCUT2D eigenvalue weighted by atomic mass is 16.5. The van der Waals surface area contributed by atoms with Gasteiger partial charge in [-0.15, -0.1) is 0 Å². The average molecular weight is 340 g/mol. The standard InChI is InChI=1S/C20H20O5/c1-3-24-20(22)19-16(18-5-4-10-25-18)11-14(12-17(19)21)13-6-8-15(23-2)9-7-13/h4-10,12,16,19H,3,11H2,1-2H3/t16-,19+/m0/s1. The SMILES string of the molecule is CCOC(=O)[C@H]1C(=O)C=C(c2ccc(OC)cc2)C[C@H]1c1ccco1. The van der Waals surface area contributed by atoms with Gasteiger partial charge < -0.3 is 13.9 Å². The Labute approximate surface area is 146 Å². The predicted octanol–water partition coefficient (Wildman–Crippen LogP) is 3.61. The number of hydrogen-bond acceptors (Lipinski definition) is 5. The van der Waals surface area contributed by atoms with Crippen LogP contribution in [0.25, 0.3) is 5.57 Å². The number of rotatable bonds is 5. The van der Waals surface area contributed by atoms with Crippen molar-refractivity contribution in [1.82, 2.24) is 0 Å². The number of ether oxygens (including phenoxy) is 2. The van der Waals surface area contributed by atoms with Crippen LogP contribution in [0.15, 0.2) is 53.2 Å². The van der Waals surface area contributed by atoms with Crippen LogP contribution in [0.3, 0.4) is 0 Å².